The summed E-state index contributed by atoms with van der Waals surface area (Å²) in [6.45, 7) is 0.283. The van der Waals surface area contributed by atoms with Crippen LogP contribution in [0.3, 0.4) is 0 Å². The highest BCUT2D eigenvalue weighted by molar-refractivity contribution is 7.21. The van der Waals surface area contributed by atoms with E-state index in [-0.39, 0.29) is 12.5 Å². The summed E-state index contributed by atoms with van der Waals surface area (Å²) in [6, 6.07) is 18.6. The Kier molecular flexibility index (Phi) is 6.45. The van der Waals surface area contributed by atoms with E-state index in [2.05, 4.69) is 15.5 Å². The number of amides is 1. The number of benzene rings is 2. The van der Waals surface area contributed by atoms with Crippen molar-refractivity contribution in [2.24, 2.45) is 5.10 Å². The molecule has 0 bridgehead atoms. The van der Waals surface area contributed by atoms with Crippen molar-refractivity contribution < 1.29 is 14.3 Å². The van der Waals surface area contributed by atoms with Gasteiger partial charge in [-0.05, 0) is 35.9 Å². The maximum Gasteiger partial charge on any atom is 0.283 e. The number of fused-ring (bicyclic) bond motifs is 1. The van der Waals surface area contributed by atoms with Crippen LogP contribution < -0.4 is 14.9 Å². The van der Waals surface area contributed by atoms with Gasteiger partial charge in [0.1, 0.15) is 17.2 Å². The van der Waals surface area contributed by atoms with Crippen molar-refractivity contribution in [1.82, 2.24) is 10.4 Å². The van der Waals surface area contributed by atoms with Crippen LogP contribution in [0.25, 0.3) is 10.1 Å². The summed E-state index contributed by atoms with van der Waals surface area (Å²) in [4.78, 5) is 17.1. The zero-order chi connectivity index (χ0) is 21.6. The fourth-order valence-corrected chi connectivity index (χ4v) is 4.36. The highest BCUT2D eigenvalue weighted by atomic mass is 35.5. The van der Waals surface area contributed by atoms with Gasteiger partial charge in [0.25, 0.3) is 5.91 Å². The van der Waals surface area contributed by atoms with Crippen LogP contribution in [0.5, 0.6) is 11.6 Å². The molecular weight excluding hydrogens is 434 g/mol. The second kappa shape index (κ2) is 9.59. The predicted octanol–water partition coefficient (Wildman–Crippen LogP) is 5.30. The van der Waals surface area contributed by atoms with Crippen molar-refractivity contribution >= 4 is 45.1 Å². The molecular formula is C23H18ClN3O3S. The Hall–Kier alpha value is -3.42. The van der Waals surface area contributed by atoms with E-state index in [0.29, 0.717) is 21.5 Å². The number of carbonyl (C=O) groups excluding carboxylic acids is 1. The average Bonchev–Trinajstić information content (AvgIpc) is 3.15. The molecule has 0 unspecified atom stereocenters. The van der Waals surface area contributed by atoms with Crippen molar-refractivity contribution in [2.45, 2.75) is 6.61 Å². The number of rotatable bonds is 7. The second-order valence-electron chi connectivity index (χ2n) is 6.47. The molecule has 0 saturated carbocycles. The molecule has 0 aliphatic rings. The van der Waals surface area contributed by atoms with Gasteiger partial charge in [-0.25, -0.2) is 10.4 Å². The van der Waals surface area contributed by atoms with Crippen molar-refractivity contribution in [3.05, 3.63) is 87.9 Å². The Morgan fingerprint density at radius 1 is 1.19 bits per heavy atom. The molecule has 4 aromatic rings. The van der Waals surface area contributed by atoms with Crippen molar-refractivity contribution in [2.75, 3.05) is 7.11 Å². The largest absolute Gasteiger partial charge is 0.496 e. The summed E-state index contributed by atoms with van der Waals surface area (Å²) in [5.41, 5.74) is 4.15. The van der Waals surface area contributed by atoms with Gasteiger partial charge in [-0.1, -0.05) is 35.9 Å². The van der Waals surface area contributed by atoms with Crippen LogP contribution in [-0.4, -0.2) is 24.2 Å². The lowest BCUT2D eigenvalue weighted by Gasteiger charge is -2.10. The molecule has 0 radical (unpaired) electrons. The topological polar surface area (TPSA) is 72.8 Å². The second-order valence-corrected chi connectivity index (χ2v) is 7.90. The zero-order valence-electron chi connectivity index (χ0n) is 16.5. The third-order valence-corrected chi connectivity index (χ3v) is 6.11. The normalized spacial score (nSPS) is 11.0. The number of hydrazone groups is 1. The number of nitrogens with one attached hydrogen (secondary N) is 1. The van der Waals surface area contributed by atoms with Crippen molar-refractivity contribution in [3.63, 3.8) is 0 Å². The predicted molar refractivity (Wildman–Crippen MR) is 123 cm³/mol. The van der Waals surface area contributed by atoms with E-state index in [1.807, 2.05) is 54.6 Å². The molecule has 1 amide bonds. The summed E-state index contributed by atoms with van der Waals surface area (Å²) in [5.74, 6) is 0.861. The number of carbonyl (C=O) groups is 1. The summed E-state index contributed by atoms with van der Waals surface area (Å²) >= 11 is 7.69. The molecule has 8 heteroatoms. The number of ether oxygens (including phenoxy) is 2. The number of nitrogens with zero attached hydrogens (tertiary/aromatic N) is 2. The van der Waals surface area contributed by atoms with Gasteiger partial charge in [-0.15, -0.1) is 11.3 Å². The third kappa shape index (κ3) is 4.84. The Balaban J connectivity index is 1.45. The van der Waals surface area contributed by atoms with E-state index in [4.69, 9.17) is 21.1 Å². The molecule has 1 N–H and O–H groups in total. The van der Waals surface area contributed by atoms with E-state index >= 15 is 0 Å². The monoisotopic (exact) mass is 451 g/mol. The first-order valence-corrected chi connectivity index (χ1v) is 10.6. The minimum atomic E-state index is -0.352. The molecule has 0 aliphatic heterocycles. The molecule has 156 valence electrons. The smallest absolute Gasteiger partial charge is 0.283 e. The van der Waals surface area contributed by atoms with Gasteiger partial charge in [0.2, 0.25) is 5.88 Å². The van der Waals surface area contributed by atoms with E-state index in [1.165, 1.54) is 11.3 Å². The van der Waals surface area contributed by atoms with Gasteiger partial charge in [0, 0.05) is 27.9 Å². The molecule has 31 heavy (non-hydrogen) atoms. The number of pyridine rings is 1. The lowest BCUT2D eigenvalue weighted by atomic mass is 10.1. The lowest BCUT2D eigenvalue weighted by molar-refractivity contribution is 0.0959. The van der Waals surface area contributed by atoms with Crippen LogP contribution >= 0.6 is 22.9 Å². The highest BCUT2D eigenvalue weighted by Gasteiger charge is 2.16. The van der Waals surface area contributed by atoms with E-state index in [0.717, 1.165) is 21.2 Å². The van der Waals surface area contributed by atoms with E-state index < -0.39 is 0 Å². The van der Waals surface area contributed by atoms with E-state index in [1.54, 1.807) is 25.6 Å². The third-order valence-electron chi connectivity index (χ3n) is 4.44. The summed E-state index contributed by atoms with van der Waals surface area (Å²) < 4.78 is 12.1. The highest BCUT2D eigenvalue weighted by Crippen LogP contribution is 2.34. The van der Waals surface area contributed by atoms with Crippen LogP contribution in [-0.2, 0) is 6.61 Å². The van der Waals surface area contributed by atoms with Gasteiger partial charge in [0.05, 0.1) is 18.3 Å². The number of aromatic nitrogens is 1. The standard InChI is InChI=1S/C23H18ClN3O3S/c1-29-18-10-9-15(12-16(18)14-30-20-8-4-5-11-25-20)13-26-27-23(28)22-21(24)17-6-2-3-7-19(17)31-22/h2-13H,14H2,1H3,(H,27,28)/b26-13-. The number of hydrogen-bond donors (Lipinski definition) is 1. The molecule has 0 atom stereocenters. The first-order valence-electron chi connectivity index (χ1n) is 9.37. The molecule has 0 aliphatic carbocycles. The van der Waals surface area contributed by atoms with Gasteiger partial charge >= 0.3 is 0 Å². The maximum atomic E-state index is 12.5. The molecule has 0 spiro atoms. The molecule has 0 saturated heterocycles. The molecule has 6 nitrogen and oxygen atoms in total. The quantitative estimate of drug-likeness (QED) is 0.305. The number of methoxy groups -OCH3 is 1. The molecule has 2 aromatic carbocycles. The van der Waals surface area contributed by atoms with Crippen LogP contribution in [0.4, 0.5) is 0 Å². The molecule has 4 rings (SSSR count). The fraction of sp³-hybridized carbons (Fsp3) is 0.0870. The van der Waals surface area contributed by atoms with Crippen molar-refractivity contribution in [3.8, 4) is 11.6 Å². The number of hydrogen-bond acceptors (Lipinski definition) is 6. The van der Waals surface area contributed by atoms with E-state index in [9.17, 15) is 4.79 Å². The lowest BCUT2D eigenvalue weighted by Crippen LogP contribution is -2.16. The number of halogens is 1. The first kappa shape index (κ1) is 20.8. The molecule has 2 heterocycles. The Morgan fingerprint density at radius 2 is 2.03 bits per heavy atom. The Labute approximate surface area is 188 Å². The Bertz CT molecular complexity index is 1240. The molecule has 2 aromatic heterocycles. The zero-order valence-corrected chi connectivity index (χ0v) is 18.1. The minimum Gasteiger partial charge on any atom is -0.496 e. The number of thiophene rings is 1. The van der Waals surface area contributed by atoms with Gasteiger partial charge in [-0.3, -0.25) is 4.79 Å². The first-order chi connectivity index (χ1) is 15.2. The van der Waals surface area contributed by atoms with Gasteiger partial charge in [-0.2, -0.15) is 5.10 Å². The van der Waals surface area contributed by atoms with Gasteiger partial charge in [0.15, 0.2) is 0 Å². The minimum absolute atomic E-state index is 0.283. The Morgan fingerprint density at radius 3 is 2.81 bits per heavy atom. The summed E-state index contributed by atoms with van der Waals surface area (Å²) in [7, 11) is 1.60. The maximum absolute atomic E-state index is 12.5. The van der Waals surface area contributed by atoms with Crippen LogP contribution in [0.1, 0.15) is 20.8 Å². The van der Waals surface area contributed by atoms with Crippen LogP contribution in [0.15, 0.2) is 72.0 Å². The fourth-order valence-electron chi connectivity index (χ4n) is 2.95. The van der Waals surface area contributed by atoms with Crippen LogP contribution in [0.2, 0.25) is 5.02 Å². The summed E-state index contributed by atoms with van der Waals surface area (Å²) in [6.07, 6.45) is 3.23. The van der Waals surface area contributed by atoms with Crippen molar-refractivity contribution in [1.29, 1.82) is 0 Å². The van der Waals surface area contributed by atoms with Crippen LogP contribution in [0, 0.1) is 0 Å². The molecule has 0 fully saturated rings. The average molecular weight is 452 g/mol. The summed E-state index contributed by atoms with van der Waals surface area (Å²) in [5, 5.41) is 5.37. The SMILES string of the molecule is COc1ccc(/C=N\NC(=O)c2sc3ccccc3c2Cl)cc1COc1ccccn1. The van der Waals surface area contributed by atoms with Gasteiger partial charge < -0.3 is 9.47 Å².